The molecule has 2 rings (SSSR count). The Balaban J connectivity index is 1.61. The maximum Gasteiger partial charge on any atom is 0.307 e. The molecule has 1 fully saturated rings. The van der Waals surface area contributed by atoms with Gasteiger partial charge in [0.2, 0.25) is 11.5 Å². The van der Waals surface area contributed by atoms with Gasteiger partial charge in [-0.25, -0.2) is 0 Å². The number of unbranched alkanes of at least 4 members (excludes halogenated alkanes) is 1. The summed E-state index contributed by atoms with van der Waals surface area (Å²) in [4.78, 5) is 33.6. The third kappa shape index (κ3) is 3.69. The van der Waals surface area contributed by atoms with Crippen molar-refractivity contribution in [2.45, 2.75) is 25.8 Å². The van der Waals surface area contributed by atoms with Gasteiger partial charge >= 0.3 is 5.97 Å². The molecule has 1 heterocycles. The summed E-state index contributed by atoms with van der Waals surface area (Å²) in [5, 5.41) is 11.5. The van der Waals surface area contributed by atoms with Crippen LogP contribution in [0.3, 0.4) is 0 Å². The largest absolute Gasteiger partial charge is 0.481 e. The van der Waals surface area contributed by atoms with Gasteiger partial charge < -0.3 is 15.0 Å². The normalized spacial score (nSPS) is 20.4. The summed E-state index contributed by atoms with van der Waals surface area (Å²) in [6.07, 6.45) is 3.73. The van der Waals surface area contributed by atoms with Crippen LogP contribution in [0.1, 0.15) is 19.3 Å². The lowest BCUT2D eigenvalue weighted by atomic mass is 10.2. The van der Waals surface area contributed by atoms with Crippen LogP contribution in [-0.2, 0) is 16.1 Å². The van der Waals surface area contributed by atoms with E-state index in [-0.39, 0.29) is 17.4 Å². The van der Waals surface area contributed by atoms with E-state index in [1.807, 2.05) is 6.07 Å². The molecule has 1 aliphatic carbocycles. The van der Waals surface area contributed by atoms with Crippen LogP contribution >= 0.6 is 0 Å². The van der Waals surface area contributed by atoms with Crippen molar-refractivity contribution in [3.05, 3.63) is 34.7 Å². The monoisotopic (exact) mass is 278 g/mol. The van der Waals surface area contributed by atoms with Crippen molar-refractivity contribution in [2.24, 2.45) is 11.8 Å². The van der Waals surface area contributed by atoms with Gasteiger partial charge in [-0.05, 0) is 25.3 Å². The van der Waals surface area contributed by atoms with E-state index >= 15 is 0 Å². The van der Waals surface area contributed by atoms with Crippen LogP contribution < -0.4 is 10.9 Å². The minimum absolute atomic E-state index is 0.0289. The number of carboxylic acid groups (broad SMARTS) is 1. The number of rotatable bonds is 7. The molecule has 0 aromatic carbocycles. The van der Waals surface area contributed by atoms with Crippen LogP contribution in [0.5, 0.6) is 0 Å². The molecule has 108 valence electrons. The summed E-state index contributed by atoms with van der Waals surface area (Å²) >= 11 is 0. The number of carbonyl (C=O) groups is 2. The fourth-order valence-corrected chi connectivity index (χ4v) is 2.15. The van der Waals surface area contributed by atoms with Crippen LogP contribution in [0.2, 0.25) is 0 Å². The number of carboxylic acids is 1. The molecule has 20 heavy (non-hydrogen) atoms. The highest BCUT2D eigenvalue weighted by Gasteiger charge is 2.48. The van der Waals surface area contributed by atoms with Gasteiger partial charge in [-0.15, -0.1) is 0 Å². The van der Waals surface area contributed by atoms with Crippen LogP contribution in [0.25, 0.3) is 0 Å². The van der Waals surface area contributed by atoms with E-state index in [1.54, 1.807) is 16.8 Å². The number of aryl methyl sites for hydroxylation is 1. The first-order valence-corrected chi connectivity index (χ1v) is 6.75. The molecule has 0 bridgehead atoms. The van der Waals surface area contributed by atoms with Crippen molar-refractivity contribution < 1.29 is 14.7 Å². The highest BCUT2D eigenvalue weighted by atomic mass is 16.4. The summed E-state index contributed by atoms with van der Waals surface area (Å²) in [5.41, 5.74) is -0.0289. The second-order valence-electron chi connectivity index (χ2n) is 5.02. The first-order valence-electron chi connectivity index (χ1n) is 6.75. The quantitative estimate of drug-likeness (QED) is 0.709. The fourth-order valence-electron chi connectivity index (χ4n) is 2.15. The molecule has 2 unspecified atom stereocenters. The number of carbonyl (C=O) groups excluding carboxylic acids is 1. The maximum absolute atomic E-state index is 11.6. The summed E-state index contributed by atoms with van der Waals surface area (Å²) < 4.78 is 1.63. The molecule has 0 radical (unpaired) electrons. The van der Waals surface area contributed by atoms with E-state index < -0.39 is 11.9 Å². The summed E-state index contributed by atoms with van der Waals surface area (Å²) in [5.74, 6) is -1.93. The minimum Gasteiger partial charge on any atom is -0.481 e. The number of nitrogens with one attached hydrogen (secondary N) is 1. The van der Waals surface area contributed by atoms with E-state index in [0.717, 1.165) is 12.8 Å². The number of aliphatic carboxylic acids is 1. The number of aromatic nitrogens is 1. The number of amides is 1. The molecule has 1 amide bonds. The van der Waals surface area contributed by atoms with Crippen molar-refractivity contribution in [2.75, 3.05) is 6.54 Å². The van der Waals surface area contributed by atoms with Gasteiger partial charge in [0, 0.05) is 25.4 Å². The van der Waals surface area contributed by atoms with Gasteiger partial charge in [-0.3, -0.25) is 14.4 Å². The third-order valence-corrected chi connectivity index (χ3v) is 3.47. The van der Waals surface area contributed by atoms with Crippen molar-refractivity contribution in [3.8, 4) is 0 Å². The molecule has 1 aromatic rings. The summed E-state index contributed by atoms with van der Waals surface area (Å²) in [7, 11) is 0. The number of nitrogens with zero attached hydrogens (tertiary/aromatic N) is 1. The molecular formula is C14H18N2O4. The molecule has 0 saturated heterocycles. The third-order valence-electron chi connectivity index (χ3n) is 3.47. The lowest BCUT2D eigenvalue weighted by Crippen LogP contribution is -2.27. The summed E-state index contributed by atoms with van der Waals surface area (Å²) in [6, 6.07) is 5.02. The van der Waals surface area contributed by atoms with Gasteiger partial charge in [-0.1, -0.05) is 6.07 Å². The zero-order valence-electron chi connectivity index (χ0n) is 11.1. The van der Waals surface area contributed by atoms with E-state index in [9.17, 15) is 14.4 Å². The predicted octanol–water partition coefficient (Wildman–Crippen LogP) is 0.465. The van der Waals surface area contributed by atoms with Gasteiger partial charge in [0.1, 0.15) is 0 Å². The molecule has 1 aromatic heterocycles. The van der Waals surface area contributed by atoms with E-state index in [2.05, 4.69) is 5.32 Å². The van der Waals surface area contributed by atoms with Crippen molar-refractivity contribution in [1.82, 2.24) is 9.88 Å². The van der Waals surface area contributed by atoms with Crippen molar-refractivity contribution in [3.63, 3.8) is 0 Å². The highest BCUT2D eigenvalue weighted by molar-refractivity contribution is 5.89. The number of hydrogen-bond donors (Lipinski definition) is 2. The fraction of sp³-hybridized carbons (Fsp3) is 0.500. The van der Waals surface area contributed by atoms with Crippen LogP contribution in [0.15, 0.2) is 29.2 Å². The van der Waals surface area contributed by atoms with Gasteiger partial charge in [0.15, 0.2) is 0 Å². The second-order valence-corrected chi connectivity index (χ2v) is 5.02. The van der Waals surface area contributed by atoms with Gasteiger partial charge in [0.25, 0.3) is 0 Å². The van der Waals surface area contributed by atoms with Crippen molar-refractivity contribution in [1.29, 1.82) is 0 Å². The Morgan fingerprint density at radius 3 is 2.75 bits per heavy atom. The average molecular weight is 278 g/mol. The van der Waals surface area contributed by atoms with Crippen LogP contribution in [0.4, 0.5) is 0 Å². The molecule has 1 saturated carbocycles. The lowest BCUT2D eigenvalue weighted by Gasteiger charge is -2.06. The van der Waals surface area contributed by atoms with Crippen LogP contribution in [0, 0.1) is 11.8 Å². The topological polar surface area (TPSA) is 88.4 Å². The Labute approximate surface area is 116 Å². The van der Waals surface area contributed by atoms with Gasteiger partial charge in [0.05, 0.1) is 11.8 Å². The predicted molar refractivity (Wildman–Crippen MR) is 72.2 cm³/mol. The molecule has 2 N–H and O–H groups in total. The Bertz CT molecular complexity index is 552. The molecular weight excluding hydrogens is 260 g/mol. The standard InChI is InChI=1S/C14H18N2O4/c17-12-5-1-3-7-16(12)8-4-2-6-15-13(18)10-9-11(10)14(19)20/h1,3,5,7,10-11H,2,4,6,8-9H2,(H,15,18)(H,19,20). The molecule has 6 nitrogen and oxygen atoms in total. The van der Waals surface area contributed by atoms with E-state index in [0.29, 0.717) is 19.5 Å². The molecule has 1 aliphatic rings. The first kappa shape index (κ1) is 14.3. The zero-order chi connectivity index (χ0) is 14.5. The Kier molecular flexibility index (Phi) is 4.55. The molecule has 6 heteroatoms. The number of pyridine rings is 1. The second kappa shape index (κ2) is 6.36. The Hall–Kier alpha value is -2.11. The molecule has 0 aliphatic heterocycles. The molecule has 0 spiro atoms. The Morgan fingerprint density at radius 2 is 2.10 bits per heavy atom. The minimum atomic E-state index is -0.895. The van der Waals surface area contributed by atoms with E-state index in [1.165, 1.54) is 6.07 Å². The smallest absolute Gasteiger partial charge is 0.307 e. The average Bonchev–Trinajstić information content (AvgIpc) is 3.20. The molecule has 2 atom stereocenters. The zero-order valence-corrected chi connectivity index (χ0v) is 11.1. The highest BCUT2D eigenvalue weighted by Crippen LogP contribution is 2.38. The van der Waals surface area contributed by atoms with Crippen molar-refractivity contribution >= 4 is 11.9 Å². The lowest BCUT2D eigenvalue weighted by molar-refractivity contribution is -0.140. The summed E-state index contributed by atoms with van der Waals surface area (Å²) in [6.45, 7) is 1.14. The van der Waals surface area contributed by atoms with Crippen LogP contribution in [-0.4, -0.2) is 28.1 Å². The maximum atomic E-state index is 11.6. The SMILES string of the molecule is O=C(O)C1CC1C(=O)NCCCCn1ccccc1=O. The number of hydrogen-bond acceptors (Lipinski definition) is 3. The van der Waals surface area contributed by atoms with E-state index in [4.69, 9.17) is 5.11 Å². The first-order chi connectivity index (χ1) is 9.59. The van der Waals surface area contributed by atoms with Gasteiger partial charge in [-0.2, -0.15) is 0 Å². The Morgan fingerprint density at radius 1 is 1.30 bits per heavy atom.